The summed E-state index contributed by atoms with van der Waals surface area (Å²) in [6.07, 6.45) is 0. The Balaban J connectivity index is 0. The molecule has 0 aliphatic carbocycles. The smallest absolute Gasteiger partial charge is 0.457 e. The molecular formula is C33H51LaN11O23P2+. The maximum absolute atomic E-state index is 13.8. The van der Waals surface area contributed by atoms with Gasteiger partial charge in [0, 0.05) is 87.8 Å². The van der Waals surface area contributed by atoms with Gasteiger partial charge in [-0.1, -0.05) is 0 Å². The average Bonchev–Trinajstić information content (AvgIpc) is 3.29. The largest absolute Gasteiger partial charge is 3.00 e. The molecule has 0 aromatic heterocycles. The van der Waals surface area contributed by atoms with Gasteiger partial charge in [-0.2, -0.15) is 0 Å². The van der Waals surface area contributed by atoms with Crippen molar-refractivity contribution in [2.24, 2.45) is 0 Å². The topological polar surface area (TPSA) is 477 Å². The van der Waals surface area contributed by atoms with Crippen molar-refractivity contribution in [2.75, 3.05) is 105 Å². The molecule has 0 saturated carbocycles. The molecule has 70 heavy (non-hydrogen) atoms. The van der Waals surface area contributed by atoms with E-state index in [9.17, 15) is 43.7 Å². The summed E-state index contributed by atoms with van der Waals surface area (Å²) < 4.78 is 55.9. The number of carbonyl (C=O) groups excluding carboxylic acids is 3. The van der Waals surface area contributed by atoms with E-state index >= 15 is 0 Å². The van der Waals surface area contributed by atoms with Crippen molar-refractivity contribution < 1.29 is 109 Å². The Morgan fingerprint density at radius 1 is 0.457 bits per heavy atom. The Kier molecular flexibility index (Phi) is 33.4. The average molecular weight is 1170 g/mol. The molecule has 4 aliphatic heterocycles. The normalized spacial score (nSPS) is 16.1. The molecule has 4 fully saturated rings. The first-order valence-corrected chi connectivity index (χ1v) is 22.8. The van der Waals surface area contributed by atoms with Crippen molar-refractivity contribution in [3.63, 3.8) is 0 Å². The number of morpholine rings is 4. The quantitative estimate of drug-likeness (QED) is 0.146. The zero-order valence-electron chi connectivity index (χ0n) is 37.5. The molecule has 0 unspecified atom stereocenters. The Labute approximate surface area is 424 Å². The minimum Gasteiger partial charge on any atom is -0.457 e. The standard InChI is InChI=1S/2C15H21N4O6P.C3H6O.La.3NO3.H2O/c2*20-15(13-1-3-14(4-2-13)19(21)22)16-26(23,17-5-9-24-10-6-17)18-7-11-25-12-8-18;1-3(2)4;;3*2-1(3)4;/h2*1-4H,5-12H2,(H,16,20,23);1-2H3;;;;;1H2/q;;;+3;3*-1;/p+1. The Hall–Kier alpha value is -5.26. The maximum Gasteiger partial charge on any atom is 3.00 e. The predicted molar refractivity (Wildman–Crippen MR) is 238 cm³/mol. The molecule has 0 bridgehead atoms. The predicted octanol–water partition coefficient (Wildman–Crippen LogP) is 1.15. The molecule has 388 valence electrons. The van der Waals surface area contributed by atoms with E-state index in [4.69, 9.17) is 64.9 Å². The minimum atomic E-state index is -3.35. The summed E-state index contributed by atoms with van der Waals surface area (Å²) in [5.41, 5.74) is 0.229. The number of amides is 2. The number of nitro groups is 2. The van der Waals surface area contributed by atoms with Crippen LogP contribution in [0.5, 0.6) is 0 Å². The number of hydrogen-bond acceptors (Lipinski definition) is 22. The van der Waals surface area contributed by atoms with Gasteiger partial charge < -0.3 is 75.2 Å². The molecule has 4 aliphatic rings. The van der Waals surface area contributed by atoms with Crippen LogP contribution in [0, 0.1) is 102 Å². The van der Waals surface area contributed by atoms with E-state index in [0.717, 1.165) is 0 Å². The molecule has 0 spiro atoms. The number of benzene rings is 2. The number of carbonyl (C=O) groups is 3. The molecule has 0 atom stereocenters. The number of nitro benzene ring substituents is 2. The van der Waals surface area contributed by atoms with Crippen molar-refractivity contribution in [2.45, 2.75) is 13.8 Å². The molecule has 34 nitrogen and oxygen atoms in total. The third kappa shape index (κ3) is 25.6. The van der Waals surface area contributed by atoms with E-state index in [2.05, 4.69) is 10.2 Å². The van der Waals surface area contributed by atoms with Gasteiger partial charge in [0.1, 0.15) is 5.78 Å². The molecule has 2 amide bonds. The van der Waals surface area contributed by atoms with Crippen LogP contribution in [-0.4, -0.2) is 167 Å². The number of rotatable bonds is 10. The van der Waals surface area contributed by atoms with Crippen molar-refractivity contribution in [1.82, 2.24) is 28.9 Å². The number of ketones is 1. The zero-order chi connectivity index (χ0) is 51.5. The number of Topliss-reactive ketones (excluding diaryl/α,β-unsaturated/α-hetero) is 1. The Bertz CT molecular complexity index is 1850. The summed E-state index contributed by atoms with van der Waals surface area (Å²) in [6.45, 7) is 10.3. The van der Waals surface area contributed by atoms with Crippen LogP contribution in [0.1, 0.15) is 34.6 Å². The van der Waals surface area contributed by atoms with E-state index < -0.39 is 52.1 Å². The number of non-ortho nitro benzene ring substituents is 2. The fourth-order valence-electron chi connectivity index (χ4n) is 5.80. The molecule has 2 aromatic carbocycles. The van der Waals surface area contributed by atoms with E-state index in [0.29, 0.717) is 105 Å². The summed E-state index contributed by atoms with van der Waals surface area (Å²) in [5, 5.41) is 71.1. The summed E-state index contributed by atoms with van der Waals surface area (Å²) in [4.78, 5) is 79.9. The molecule has 37 heteroatoms. The van der Waals surface area contributed by atoms with Gasteiger partial charge in [0.2, 0.25) is 0 Å². The molecule has 6 rings (SSSR count). The maximum atomic E-state index is 13.8. The zero-order valence-corrected chi connectivity index (χ0v) is 42.9. The second-order valence-corrected chi connectivity index (χ2v) is 18.3. The first-order chi connectivity index (χ1) is 31.9. The molecule has 0 radical (unpaired) electrons. The van der Waals surface area contributed by atoms with E-state index in [1.54, 1.807) is 18.7 Å². The molecule has 2 aromatic rings. The molecule has 4 heterocycles. The fourth-order valence-corrected chi connectivity index (χ4v) is 10.7. The molecule has 5 N–H and O–H groups in total. The van der Waals surface area contributed by atoms with Gasteiger partial charge in [0.25, 0.3) is 23.2 Å². The van der Waals surface area contributed by atoms with Gasteiger partial charge >= 0.3 is 50.8 Å². The van der Waals surface area contributed by atoms with Crippen LogP contribution in [0.15, 0.2) is 48.5 Å². The van der Waals surface area contributed by atoms with Crippen LogP contribution in [0.2, 0.25) is 0 Å². The van der Waals surface area contributed by atoms with Gasteiger partial charge in [-0.15, -0.1) is 0 Å². The molecular weight excluding hydrogens is 1120 g/mol. The van der Waals surface area contributed by atoms with E-state index in [1.807, 2.05) is 0 Å². The van der Waals surface area contributed by atoms with Gasteiger partial charge in [-0.3, -0.25) is 49.1 Å². The summed E-state index contributed by atoms with van der Waals surface area (Å²) in [5.74, 6) is -0.887. The van der Waals surface area contributed by atoms with Gasteiger partial charge in [0.15, 0.2) is 0 Å². The number of hydrogen-bond donors (Lipinski definition) is 2. The second-order valence-electron chi connectivity index (χ2n) is 13.4. The number of nitrogens with zero attached hydrogens (tertiary/aromatic N) is 9. The first-order valence-electron chi connectivity index (χ1n) is 19.5. The van der Waals surface area contributed by atoms with Crippen LogP contribution in [-0.2, 0) is 38.3 Å². The summed E-state index contributed by atoms with van der Waals surface area (Å²) in [6, 6.07) is 10.4. The number of ether oxygens (including phenoxy) is 4. The monoisotopic (exact) mass is 1170 g/mol. The first kappa shape index (κ1) is 66.8. The summed E-state index contributed by atoms with van der Waals surface area (Å²) in [7, 11) is -6.70. The Morgan fingerprint density at radius 2 is 0.629 bits per heavy atom. The van der Waals surface area contributed by atoms with Crippen molar-refractivity contribution in [3.05, 3.63) is 126 Å². The van der Waals surface area contributed by atoms with Gasteiger partial charge in [-0.25, -0.2) is 18.7 Å². The fraction of sp³-hybridized carbons (Fsp3) is 0.545. The third-order valence-electron chi connectivity index (χ3n) is 8.66. The van der Waals surface area contributed by atoms with Crippen molar-refractivity contribution in [1.29, 1.82) is 0 Å². The minimum absolute atomic E-state index is 0. The second kappa shape index (κ2) is 34.9. The van der Waals surface area contributed by atoms with Crippen LogP contribution < -0.4 is 10.2 Å². The SMILES string of the molecule is CC(C)=O.O=C(NP(=O)(N1CCOCC1)N1CCOCC1)c1ccc([N+](=O)[O-])cc1.O=C(NP(=O)(N1CCOCC1)N1CCOCC1)c1ccc([N+](=O)[O-])cc1.O=[N+]([O-])[O-].O=[N+]([O-])[O-].O=[N+]([O-])[O-].[La+3].[OH3+]. The van der Waals surface area contributed by atoms with Crippen molar-refractivity contribution >= 4 is 44.2 Å². The van der Waals surface area contributed by atoms with Crippen LogP contribution in [0.3, 0.4) is 0 Å². The van der Waals surface area contributed by atoms with Crippen molar-refractivity contribution in [3.8, 4) is 0 Å². The van der Waals surface area contributed by atoms with Crippen LogP contribution in [0.25, 0.3) is 0 Å². The number of nitrogens with one attached hydrogen (secondary N) is 2. The van der Waals surface area contributed by atoms with E-state index in [1.165, 1.54) is 62.4 Å². The van der Waals surface area contributed by atoms with Gasteiger partial charge in [-0.05, 0) is 38.1 Å². The van der Waals surface area contributed by atoms with E-state index in [-0.39, 0.29) is 69.4 Å². The van der Waals surface area contributed by atoms with Crippen LogP contribution >= 0.6 is 15.2 Å². The molecule has 4 saturated heterocycles. The van der Waals surface area contributed by atoms with Gasteiger partial charge in [0.05, 0.1) is 78.0 Å². The summed E-state index contributed by atoms with van der Waals surface area (Å²) >= 11 is 0. The van der Waals surface area contributed by atoms with Crippen LogP contribution in [0.4, 0.5) is 11.4 Å². The third-order valence-corrected chi connectivity index (χ3v) is 14.3. The Morgan fingerprint density at radius 3 is 0.786 bits per heavy atom.